The third kappa shape index (κ3) is 5.55. The van der Waals surface area contributed by atoms with Gasteiger partial charge in [-0.15, -0.1) is 0 Å². The van der Waals surface area contributed by atoms with Crippen LogP contribution in [-0.4, -0.2) is 51.7 Å². The van der Waals surface area contributed by atoms with E-state index >= 15 is 0 Å². The van der Waals surface area contributed by atoms with Crippen LogP contribution in [0.1, 0.15) is 24.1 Å². The minimum absolute atomic E-state index is 0.202. The maximum Gasteiger partial charge on any atom is 0.225 e. The normalized spacial score (nSPS) is 12.8. The van der Waals surface area contributed by atoms with Crippen LogP contribution in [0.3, 0.4) is 0 Å². The number of nitrogens with zero attached hydrogens (tertiary/aromatic N) is 2. The smallest absolute Gasteiger partial charge is 0.225 e. The molecule has 0 fully saturated rings. The molecule has 3 aromatic rings. The minimum atomic E-state index is -3.32. The Balaban J connectivity index is 1.99. The summed E-state index contributed by atoms with van der Waals surface area (Å²) in [7, 11) is -0.192. The van der Waals surface area contributed by atoms with E-state index in [0.29, 0.717) is 23.2 Å². The maximum absolute atomic E-state index is 12.1. The third-order valence-corrected chi connectivity index (χ3v) is 6.89. The SMILES string of the molecule is COC(CNc1nc(NC(C)c2cccc(S(C)(=O)=O)c2C)c2cc(Br)ccc2n1)OC. The van der Waals surface area contributed by atoms with E-state index in [4.69, 9.17) is 9.47 Å². The van der Waals surface area contributed by atoms with Crippen molar-refractivity contribution in [1.29, 1.82) is 0 Å². The average Bonchev–Trinajstić information content (AvgIpc) is 2.74. The summed E-state index contributed by atoms with van der Waals surface area (Å²) in [6.07, 6.45) is 0.786. The quantitative estimate of drug-likeness (QED) is 0.400. The van der Waals surface area contributed by atoms with Crippen molar-refractivity contribution < 1.29 is 17.9 Å². The summed E-state index contributed by atoms with van der Waals surface area (Å²) in [4.78, 5) is 9.58. The van der Waals surface area contributed by atoms with Gasteiger partial charge in [0.15, 0.2) is 16.1 Å². The number of hydrogen-bond donors (Lipinski definition) is 2. The van der Waals surface area contributed by atoms with Crippen LogP contribution in [0, 0.1) is 6.92 Å². The standard InChI is InChI=1S/C22H27BrN4O4S/c1-13-16(7-6-8-19(13)32(5,28)29)14(2)25-21-17-11-15(23)9-10-18(17)26-22(27-21)24-12-20(30-3)31-4/h6-11,14,20H,12H2,1-5H3,(H2,24,25,26,27). The summed E-state index contributed by atoms with van der Waals surface area (Å²) < 4.78 is 35.6. The number of benzene rings is 2. The first-order chi connectivity index (χ1) is 15.1. The molecule has 10 heteroatoms. The van der Waals surface area contributed by atoms with Crippen LogP contribution >= 0.6 is 15.9 Å². The molecule has 32 heavy (non-hydrogen) atoms. The monoisotopic (exact) mass is 522 g/mol. The average molecular weight is 523 g/mol. The number of rotatable bonds is 9. The molecule has 2 aromatic carbocycles. The highest BCUT2D eigenvalue weighted by molar-refractivity contribution is 9.10. The molecule has 8 nitrogen and oxygen atoms in total. The van der Waals surface area contributed by atoms with Crippen LogP contribution in [0.25, 0.3) is 10.9 Å². The molecule has 0 aliphatic carbocycles. The van der Waals surface area contributed by atoms with E-state index in [0.717, 1.165) is 26.5 Å². The fourth-order valence-electron chi connectivity index (χ4n) is 3.51. The van der Waals surface area contributed by atoms with Gasteiger partial charge in [0.25, 0.3) is 0 Å². The number of halogens is 1. The van der Waals surface area contributed by atoms with E-state index in [1.165, 1.54) is 6.26 Å². The van der Waals surface area contributed by atoms with Crippen molar-refractivity contribution in [2.75, 3.05) is 37.7 Å². The fraction of sp³-hybridized carbons (Fsp3) is 0.364. The molecule has 0 amide bonds. The molecule has 3 rings (SSSR count). The molecule has 0 aliphatic heterocycles. The number of hydrogen-bond acceptors (Lipinski definition) is 8. The molecule has 0 bridgehead atoms. The summed E-state index contributed by atoms with van der Waals surface area (Å²) in [5.41, 5.74) is 2.35. The van der Waals surface area contributed by atoms with Crippen molar-refractivity contribution in [3.05, 3.63) is 52.0 Å². The van der Waals surface area contributed by atoms with Gasteiger partial charge in [0.2, 0.25) is 5.95 Å². The van der Waals surface area contributed by atoms with Gasteiger partial charge in [-0.3, -0.25) is 0 Å². The summed E-state index contributed by atoms with van der Waals surface area (Å²) in [6.45, 7) is 4.17. The number of sulfone groups is 1. The zero-order valence-electron chi connectivity index (χ0n) is 18.6. The predicted octanol–water partition coefficient (Wildman–Crippen LogP) is 4.31. The molecule has 172 valence electrons. The van der Waals surface area contributed by atoms with Gasteiger partial charge in [0, 0.05) is 30.3 Å². The third-order valence-electron chi connectivity index (χ3n) is 5.16. The van der Waals surface area contributed by atoms with Crippen molar-refractivity contribution in [1.82, 2.24) is 9.97 Å². The first-order valence-corrected chi connectivity index (χ1v) is 12.6. The highest BCUT2D eigenvalue weighted by atomic mass is 79.9. The van der Waals surface area contributed by atoms with Gasteiger partial charge in [0.1, 0.15) is 5.82 Å². The van der Waals surface area contributed by atoms with Gasteiger partial charge in [-0.05, 0) is 49.2 Å². The Labute approximate surface area is 196 Å². The number of methoxy groups -OCH3 is 2. The number of ether oxygens (including phenoxy) is 2. The molecule has 1 heterocycles. The predicted molar refractivity (Wildman–Crippen MR) is 130 cm³/mol. The van der Waals surface area contributed by atoms with Crippen molar-refractivity contribution in [2.24, 2.45) is 0 Å². The number of nitrogens with one attached hydrogen (secondary N) is 2. The van der Waals surface area contributed by atoms with Gasteiger partial charge in [-0.1, -0.05) is 28.1 Å². The topological polar surface area (TPSA) is 102 Å². The van der Waals surface area contributed by atoms with Crippen LogP contribution in [0.5, 0.6) is 0 Å². The molecular formula is C22H27BrN4O4S. The Morgan fingerprint density at radius 2 is 1.84 bits per heavy atom. The van der Waals surface area contributed by atoms with Gasteiger partial charge >= 0.3 is 0 Å². The lowest BCUT2D eigenvalue weighted by Crippen LogP contribution is -2.24. The minimum Gasteiger partial charge on any atom is -0.363 e. The number of anilines is 2. The summed E-state index contributed by atoms with van der Waals surface area (Å²) >= 11 is 3.51. The Kier molecular flexibility index (Phi) is 7.71. The lowest BCUT2D eigenvalue weighted by atomic mass is 10.0. The fourth-order valence-corrected chi connectivity index (χ4v) is 4.87. The molecule has 0 aliphatic rings. The van der Waals surface area contributed by atoms with E-state index in [9.17, 15) is 8.42 Å². The van der Waals surface area contributed by atoms with Crippen LogP contribution in [0.4, 0.5) is 11.8 Å². The van der Waals surface area contributed by atoms with E-state index < -0.39 is 16.1 Å². The van der Waals surface area contributed by atoms with Crippen molar-refractivity contribution in [2.45, 2.75) is 31.1 Å². The van der Waals surface area contributed by atoms with E-state index in [1.807, 2.05) is 38.1 Å². The lowest BCUT2D eigenvalue weighted by Gasteiger charge is -2.21. The van der Waals surface area contributed by atoms with Crippen molar-refractivity contribution >= 4 is 48.4 Å². The maximum atomic E-state index is 12.1. The van der Waals surface area contributed by atoms with Gasteiger partial charge in [0.05, 0.1) is 23.0 Å². The second-order valence-electron chi connectivity index (χ2n) is 7.45. The summed E-state index contributed by atoms with van der Waals surface area (Å²) in [5.74, 6) is 1.05. The van der Waals surface area contributed by atoms with Crippen LogP contribution in [0.2, 0.25) is 0 Å². The Hall–Kier alpha value is -2.27. The second-order valence-corrected chi connectivity index (χ2v) is 10.3. The second kappa shape index (κ2) is 10.1. The largest absolute Gasteiger partial charge is 0.363 e. The van der Waals surface area contributed by atoms with Crippen LogP contribution in [-0.2, 0) is 19.3 Å². The molecule has 2 N–H and O–H groups in total. The number of fused-ring (bicyclic) bond motifs is 1. The zero-order chi connectivity index (χ0) is 23.5. The summed E-state index contributed by atoms with van der Waals surface area (Å²) in [5, 5.41) is 7.42. The molecule has 0 radical (unpaired) electrons. The Morgan fingerprint density at radius 1 is 1.12 bits per heavy atom. The van der Waals surface area contributed by atoms with Crippen LogP contribution < -0.4 is 10.6 Å². The first kappa shape index (κ1) is 24.4. The van der Waals surface area contributed by atoms with Gasteiger partial charge in [-0.25, -0.2) is 13.4 Å². The van der Waals surface area contributed by atoms with Gasteiger partial charge in [-0.2, -0.15) is 4.98 Å². The Morgan fingerprint density at radius 3 is 2.50 bits per heavy atom. The molecule has 1 unspecified atom stereocenters. The molecule has 1 atom stereocenters. The van der Waals surface area contributed by atoms with E-state index in [2.05, 4.69) is 36.5 Å². The van der Waals surface area contributed by atoms with E-state index in [-0.39, 0.29) is 6.04 Å². The first-order valence-electron chi connectivity index (χ1n) is 9.97. The Bertz CT molecular complexity index is 1220. The number of aromatic nitrogens is 2. The molecule has 0 saturated heterocycles. The lowest BCUT2D eigenvalue weighted by molar-refractivity contribution is -0.0914. The van der Waals surface area contributed by atoms with Crippen molar-refractivity contribution in [3.8, 4) is 0 Å². The highest BCUT2D eigenvalue weighted by Crippen LogP contribution is 2.30. The molecule has 1 aromatic heterocycles. The molecular weight excluding hydrogens is 496 g/mol. The van der Waals surface area contributed by atoms with Gasteiger partial charge < -0.3 is 20.1 Å². The molecule has 0 spiro atoms. The van der Waals surface area contributed by atoms with E-state index in [1.54, 1.807) is 26.4 Å². The zero-order valence-corrected chi connectivity index (χ0v) is 21.0. The highest BCUT2D eigenvalue weighted by Gasteiger charge is 2.18. The summed E-state index contributed by atoms with van der Waals surface area (Å²) in [6, 6.07) is 10.9. The van der Waals surface area contributed by atoms with Crippen molar-refractivity contribution in [3.63, 3.8) is 0 Å². The van der Waals surface area contributed by atoms with Crippen LogP contribution in [0.15, 0.2) is 45.8 Å². The molecule has 0 saturated carbocycles.